The molecule has 0 aliphatic carbocycles. The molecule has 1 unspecified atom stereocenters. The quantitative estimate of drug-likeness (QED) is 0.656. The van der Waals surface area contributed by atoms with Gasteiger partial charge in [-0.05, 0) is 42.9 Å². The molecule has 0 aliphatic rings. The van der Waals surface area contributed by atoms with Gasteiger partial charge in [-0.15, -0.1) is 0 Å². The second-order valence-electron chi connectivity index (χ2n) is 4.04. The summed E-state index contributed by atoms with van der Waals surface area (Å²) < 4.78 is 1.24. The van der Waals surface area contributed by atoms with Crippen LogP contribution in [0, 0.1) is 6.92 Å². The molecule has 0 saturated heterocycles. The molecule has 0 radical (unpaired) electrons. The van der Waals surface area contributed by atoms with Crippen molar-refractivity contribution in [3.63, 3.8) is 0 Å². The van der Waals surface area contributed by atoms with E-state index >= 15 is 0 Å². The summed E-state index contributed by atoms with van der Waals surface area (Å²) in [7, 11) is 0. The van der Waals surface area contributed by atoms with Crippen LogP contribution < -0.4 is 0 Å². The predicted molar refractivity (Wildman–Crippen MR) is 71.3 cm³/mol. The van der Waals surface area contributed by atoms with Crippen LogP contribution >= 0.6 is 15.9 Å². The van der Waals surface area contributed by atoms with Gasteiger partial charge in [-0.25, -0.2) is 0 Å². The zero-order valence-corrected chi connectivity index (χ0v) is 11.3. The highest BCUT2D eigenvalue weighted by Crippen LogP contribution is 2.28. The van der Waals surface area contributed by atoms with Crippen LogP contribution in [0.25, 0.3) is 0 Å². The van der Waals surface area contributed by atoms with E-state index in [1.54, 1.807) is 0 Å². The zero-order valence-electron chi connectivity index (χ0n) is 9.76. The van der Waals surface area contributed by atoms with E-state index in [0.29, 0.717) is 5.92 Å². The van der Waals surface area contributed by atoms with Crippen molar-refractivity contribution in [2.24, 2.45) is 0 Å². The Balaban J connectivity index is 2.73. The minimum absolute atomic E-state index is 0.586. The molecule has 1 atom stereocenters. The predicted octanol–water partition coefficient (Wildman–Crippen LogP) is 5.22. The molecule has 0 N–H and O–H groups in total. The molecule has 0 bridgehead atoms. The second kappa shape index (κ2) is 6.12. The van der Waals surface area contributed by atoms with E-state index in [-0.39, 0.29) is 0 Å². The number of allylic oxidation sites excluding steroid dienone is 2. The van der Waals surface area contributed by atoms with Gasteiger partial charge in [0.2, 0.25) is 0 Å². The summed E-state index contributed by atoms with van der Waals surface area (Å²) in [6.07, 6.45) is 6.76. The molecule has 0 saturated carbocycles. The monoisotopic (exact) mass is 266 g/mol. The van der Waals surface area contributed by atoms with Crippen LogP contribution in [0.15, 0.2) is 34.8 Å². The van der Waals surface area contributed by atoms with E-state index < -0.39 is 0 Å². The van der Waals surface area contributed by atoms with E-state index in [1.165, 1.54) is 15.6 Å². The van der Waals surface area contributed by atoms with Crippen molar-refractivity contribution in [1.82, 2.24) is 0 Å². The van der Waals surface area contributed by atoms with Crippen LogP contribution in [0.2, 0.25) is 0 Å². The van der Waals surface area contributed by atoms with E-state index in [1.807, 2.05) is 0 Å². The van der Waals surface area contributed by atoms with Gasteiger partial charge >= 0.3 is 0 Å². The van der Waals surface area contributed by atoms with Crippen molar-refractivity contribution in [3.8, 4) is 0 Å². The third-order valence-electron chi connectivity index (χ3n) is 2.58. The maximum atomic E-state index is 3.63. The van der Waals surface area contributed by atoms with Crippen LogP contribution in [0.5, 0.6) is 0 Å². The third-order valence-corrected chi connectivity index (χ3v) is 3.27. The minimum atomic E-state index is 0.586. The average Bonchev–Trinajstić information content (AvgIpc) is 2.17. The minimum Gasteiger partial charge on any atom is -0.0888 e. The van der Waals surface area contributed by atoms with Gasteiger partial charge in [0.15, 0.2) is 0 Å². The molecule has 0 spiro atoms. The molecule has 0 aliphatic heterocycles. The standard InChI is InChI=1S/C14H19Br/c1-4-5-6-7-12(3)13-9-8-11(2)10-14(13)15/h5-6,8-10,12H,4,7H2,1-3H3/b6-5-. The highest BCUT2D eigenvalue weighted by atomic mass is 79.9. The Labute approximate surface area is 102 Å². The molecule has 1 aromatic rings. The number of rotatable bonds is 4. The lowest BCUT2D eigenvalue weighted by Crippen LogP contribution is -1.93. The molecular weight excluding hydrogens is 248 g/mol. The fraction of sp³-hybridized carbons (Fsp3) is 0.429. The van der Waals surface area contributed by atoms with Gasteiger partial charge in [0, 0.05) is 4.47 Å². The maximum absolute atomic E-state index is 3.63. The van der Waals surface area contributed by atoms with Gasteiger partial charge < -0.3 is 0 Å². The zero-order chi connectivity index (χ0) is 11.3. The van der Waals surface area contributed by atoms with Gasteiger partial charge in [-0.2, -0.15) is 0 Å². The van der Waals surface area contributed by atoms with E-state index in [9.17, 15) is 0 Å². The number of benzene rings is 1. The number of hydrogen-bond acceptors (Lipinski definition) is 0. The first-order valence-corrected chi connectivity index (χ1v) is 6.35. The van der Waals surface area contributed by atoms with Crippen LogP contribution in [0.1, 0.15) is 43.7 Å². The Morgan fingerprint density at radius 3 is 2.67 bits per heavy atom. The lowest BCUT2D eigenvalue weighted by Gasteiger charge is -2.12. The summed E-state index contributed by atoms with van der Waals surface area (Å²) in [5, 5.41) is 0. The van der Waals surface area contributed by atoms with Gasteiger partial charge in [0.25, 0.3) is 0 Å². The Morgan fingerprint density at radius 1 is 1.33 bits per heavy atom. The highest BCUT2D eigenvalue weighted by molar-refractivity contribution is 9.10. The molecule has 1 rings (SSSR count). The van der Waals surface area contributed by atoms with Crippen molar-refractivity contribution in [2.75, 3.05) is 0 Å². The SMILES string of the molecule is CC/C=C\CC(C)c1ccc(C)cc1Br. The molecule has 0 fully saturated rings. The molecule has 1 heteroatoms. The van der Waals surface area contributed by atoms with Crippen molar-refractivity contribution in [2.45, 2.75) is 39.5 Å². The molecule has 0 heterocycles. The Kier molecular flexibility index (Phi) is 5.10. The van der Waals surface area contributed by atoms with Gasteiger partial charge in [-0.3, -0.25) is 0 Å². The fourth-order valence-corrected chi connectivity index (χ4v) is 2.51. The van der Waals surface area contributed by atoms with Gasteiger partial charge in [0.1, 0.15) is 0 Å². The first-order valence-electron chi connectivity index (χ1n) is 5.56. The Hall–Kier alpha value is -0.560. The number of halogens is 1. The van der Waals surface area contributed by atoms with E-state index in [4.69, 9.17) is 0 Å². The van der Waals surface area contributed by atoms with Crippen molar-refractivity contribution < 1.29 is 0 Å². The molecule has 82 valence electrons. The third kappa shape index (κ3) is 3.83. The van der Waals surface area contributed by atoms with Crippen LogP contribution in [-0.2, 0) is 0 Å². The first kappa shape index (κ1) is 12.5. The van der Waals surface area contributed by atoms with Crippen molar-refractivity contribution in [3.05, 3.63) is 46.0 Å². The van der Waals surface area contributed by atoms with Crippen LogP contribution in [0.4, 0.5) is 0 Å². The van der Waals surface area contributed by atoms with E-state index in [2.05, 4.69) is 67.1 Å². The van der Waals surface area contributed by atoms with Crippen molar-refractivity contribution >= 4 is 15.9 Å². The van der Waals surface area contributed by atoms with E-state index in [0.717, 1.165) is 12.8 Å². The number of aryl methyl sites for hydroxylation is 1. The Morgan fingerprint density at radius 2 is 2.07 bits per heavy atom. The molecular formula is C14H19Br. The summed E-state index contributed by atoms with van der Waals surface area (Å²) in [6.45, 7) is 6.56. The lowest BCUT2D eigenvalue weighted by atomic mass is 9.96. The van der Waals surface area contributed by atoms with Crippen LogP contribution in [-0.4, -0.2) is 0 Å². The second-order valence-corrected chi connectivity index (χ2v) is 4.90. The first-order chi connectivity index (χ1) is 7.15. The average molecular weight is 267 g/mol. The van der Waals surface area contributed by atoms with Gasteiger partial charge in [0.05, 0.1) is 0 Å². The topological polar surface area (TPSA) is 0 Å². The number of hydrogen-bond donors (Lipinski definition) is 0. The molecule has 0 nitrogen and oxygen atoms in total. The summed E-state index contributed by atoms with van der Waals surface area (Å²) in [5.74, 6) is 0.586. The lowest BCUT2D eigenvalue weighted by molar-refractivity contribution is 0.774. The fourth-order valence-electron chi connectivity index (χ4n) is 1.63. The molecule has 15 heavy (non-hydrogen) atoms. The summed E-state index contributed by atoms with van der Waals surface area (Å²) >= 11 is 3.63. The van der Waals surface area contributed by atoms with Crippen LogP contribution in [0.3, 0.4) is 0 Å². The highest BCUT2D eigenvalue weighted by Gasteiger charge is 2.07. The maximum Gasteiger partial charge on any atom is 0.0212 e. The normalized spacial score (nSPS) is 13.3. The summed E-state index contributed by atoms with van der Waals surface area (Å²) in [6, 6.07) is 6.60. The molecule has 1 aromatic carbocycles. The summed E-state index contributed by atoms with van der Waals surface area (Å²) in [5.41, 5.74) is 2.71. The molecule has 0 aromatic heterocycles. The summed E-state index contributed by atoms with van der Waals surface area (Å²) in [4.78, 5) is 0. The smallest absolute Gasteiger partial charge is 0.0212 e. The van der Waals surface area contributed by atoms with Gasteiger partial charge in [-0.1, -0.05) is 54.1 Å². The van der Waals surface area contributed by atoms with Crippen molar-refractivity contribution in [1.29, 1.82) is 0 Å². The largest absolute Gasteiger partial charge is 0.0888 e. The Bertz CT molecular complexity index is 339. The molecule has 0 amide bonds.